The predicted molar refractivity (Wildman–Crippen MR) is 80.5 cm³/mol. The number of nitrogens with zero attached hydrogens (tertiary/aromatic N) is 2. The standard InChI is InChI=1S/C16H18N4/c1-2-17-15(16-11-18-20-19-16)10-13-8-5-7-12-6-3-4-9-14(12)13/h3-9,11,15,17H,2,10H2,1H3,(H,18,19,20). The minimum absolute atomic E-state index is 0.185. The number of H-pyrrole nitrogens is 1. The van der Waals surface area contributed by atoms with Gasteiger partial charge in [-0.3, -0.25) is 0 Å². The lowest BCUT2D eigenvalue weighted by Crippen LogP contribution is -2.23. The van der Waals surface area contributed by atoms with E-state index in [0.717, 1.165) is 18.7 Å². The van der Waals surface area contributed by atoms with Crippen molar-refractivity contribution >= 4 is 10.8 Å². The minimum Gasteiger partial charge on any atom is -0.309 e. The van der Waals surface area contributed by atoms with Gasteiger partial charge < -0.3 is 5.32 Å². The second-order valence-electron chi connectivity index (χ2n) is 4.85. The summed E-state index contributed by atoms with van der Waals surface area (Å²) in [4.78, 5) is 0. The molecule has 4 heteroatoms. The molecule has 0 aliphatic heterocycles. The van der Waals surface area contributed by atoms with Crippen LogP contribution < -0.4 is 5.32 Å². The topological polar surface area (TPSA) is 53.6 Å². The number of benzene rings is 2. The summed E-state index contributed by atoms with van der Waals surface area (Å²) in [5.41, 5.74) is 2.29. The molecule has 4 nitrogen and oxygen atoms in total. The van der Waals surface area contributed by atoms with E-state index in [9.17, 15) is 0 Å². The molecule has 3 aromatic rings. The van der Waals surface area contributed by atoms with Crippen molar-refractivity contribution in [2.75, 3.05) is 6.54 Å². The molecule has 2 N–H and O–H groups in total. The Balaban J connectivity index is 1.94. The molecule has 102 valence electrons. The summed E-state index contributed by atoms with van der Waals surface area (Å²) < 4.78 is 0. The largest absolute Gasteiger partial charge is 0.309 e. The van der Waals surface area contributed by atoms with Crippen molar-refractivity contribution in [1.82, 2.24) is 20.7 Å². The molecular weight excluding hydrogens is 248 g/mol. The molecular formula is C16H18N4. The van der Waals surface area contributed by atoms with E-state index < -0.39 is 0 Å². The number of rotatable bonds is 5. The summed E-state index contributed by atoms with van der Waals surface area (Å²) in [6, 6.07) is 15.1. The first-order chi connectivity index (χ1) is 9.88. The van der Waals surface area contributed by atoms with Crippen LogP contribution in [0.2, 0.25) is 0 Å². The highest BCUT2D eigenvalue weighted by Gasteiger charge is 2.15. The first-order valence-electron chi connectivity index (χ1n) is 6.94. The van der Waals surface area contributed by atoms with Gasteiger partial charge in [-0.05, 0) is 29.3 Å². The number of nitrogens with one attached hydrogen (secondary N) is 2. The summed E-state index contributed by atoms with van der Waals surface area (Å²) in [5.74, 6) is 0. The molecule has 0 fully saturated rings. The Morgan fingerprint density at radius 1 is 1.15 bits per heavy atom. The molecule has 1 heterocycles. The summed E-state index contributed by atoms with van der Waals surface area (Å²) in [6.45, 7) is 3.01. The van der Waals surface area contributed by atoms with Crippen molar-refractivity contribution in [2.24, 2.45) is 0 Å². The third-order valence-electron chi connectivity index (χ3n) is 3.55. The molecule has 1 aromatic heterocycles. The van der Waals surface area contributed by atoms with Gasteiger partial charge in [0.2, 0.25) is 0 Å². The van der Waals surface area contributed by atoms with Gasteiger partial charge >= 0.3 is 0 Å². The van der Waals surface area contributed by atoms with E-state index in [1.54, 1.807) is 6.20 Å². The van der Waals surface area contributed by atoms with Crippen LogP contribution in [0.25, 0.3) is 10.8 Å². The Kier molecular flexibility index (Phi) is 3.74. The zero-order valence-electron chi connectivity index (χ0n) is 11.5. The molecule has 0 saturated heterocycles. The van der Waals surface area contributed by atoms with Crippen LogP contribution in [-0.2, 0) is 6.42 Å². The first-order valence-corrected chi connectivity index (χ1v) is 6.94. The third-order valence-corrected chi connectivity index (χ3v) is 3.55. The molecule has 0 bridgehead atoms. The summed E-state index contributed by atoms with van der Waals surface area (Å²) in [6.07, 6.45) is 2.69. The van der Waals surface area contributed by atoms with Gasteiger partial charge in [0.25, 0.3) is 0 Å². The zero-order chi connectivity index (χ0) is 13.8. The van der Waals surface area contributed by atoms with Crippen molar-refractivity contribution in [3.63, 3.8) is 0 Å². The van der Waals surface area contributed by atoms with Crippen LogP contribution in [0.4, 0.5) is 0 Å². The second kappa shape index (κ2) is 5.84. The summed E-state index contributed by atoms with van der Waals surface area (Å²) in [5, 5.41) is 16.9. The Morgan fingerprint density at radius 3 is 2.80 bits per heavy atom. The number of fused-ring (bicyclic) bond motifs is 1. The highest BCUT2D eigenvalue weighted by Crippen LogP contribution is 2.23. The zero-order valence-corrected chi connectivity index (χ0v) is 11.5. The summed E-state index contributed by atoms with van der Waals surface area (Å²) >= 11 is 0. The van der Waals surface area contributed by atoms with Gasteiger partial charge in [-0.15, -0.1) is 0 Å². The van der Waals surface area contributed by atoms with Gasteiger partial charge in [0.1, 0.15) is 0 Å². The third kappa shape index (κ3) is 2.56. The Hall–Kier alpha value is -2.20. The molecule has 20 heavy (non-hydrogen) atoms. The quantitative estimate of drug-likeness (QED) is 0.746. The molecule has 3 rings (SSSR count). The van der Waals surface area contributed by atoms with Gasteiger partial charge in [0.15, 0.2) is 0 Å². The van der Waals surface area contributed by atoms with Gasteiger partial charge in [0.05, 0.1) is 17.9 Å². The number of hydrogen-bond donors (Lipinski definition) is 2. The van der Waals surface area contributed by atoms with Crippen molar-refractivity contribution in [1.29, 1.82) is 0 Å². The lowest BCUT2D eigenvalue weighted by Gasteiger charge is -2.16. The molecule has 1 unspecified atom stereocenters. The molecule has 1 atom stereocenters. The molecule has 0 aliphatic rings. The fourth-order valence-electron chi connectivity index (χ4n) is 2.60. The maximum Gasteiger partial charge on any atom is 0.0997 e. The van der Waals surface area contributed by atoms with Crippen LogP contribution in [0.1, 0.15) is 24.2 Å². The first kappa shape index (κ1) is 12.8. The fraction of sp³-hybridized carbons (Fsp3) is 0.250. The number of aromatic amines is 1. The fourth-order valence-corrected chi connectivity index (χ4v) is 2.60. The van der Waals surface area contributed by atoms with E-state index in [1.165, 1.54) is 16.3 Å². The van der Waals surface area contributed by atoms with E-state index in [2.05, 4.69) is 70.1 Å². The monoisotopic (exact) mass is 266 g/mol. The summed E-state index contributed by atoms with van der Waals surface area (Å²) in [7, 11) is 0. The van der Waals surface area contributed by atoms with E-state index in [-0.39, 0.29) is 6.04 Å². The van der Waals surface area contributed by atoms with Gasteiger partial charge in [-0.1, -0.05) is 49.4 Å². The van der Waals surface area contributed by atoms with Crippen LogP contribution in [-0.4, -0.2) is 22.0 Å². The highest BCUT2D eigenvalue weighted by molar-refractivity contribution is 5.85. The smallest absolute Gasteiger partial charge is 0.0997 e. The normalized spacial score (nSPS) is 12.7. The maximum absolute atomic E-state index is 4.21. The second-order valence-corrected chi connectivity index (χ2v) is 4.85. The molecule has 0 radical (unpaired) electrons. The molecule has 2 aromatic carbocycles. The average Bonchev–Trinajstić information content (AvgIpc) is 3.01. The van der Waals surface area contributed by atoms with Gasteiger partial charge in [-0.25, -0.2) is 0 Å². The number of aromatic nitrogens is 3. The maximum atomic E-state index is 4.21. The van der Waals surface area contributed by atoms with Gasteiger partial charge in [0, 0.05) is 0 Å². The lowest BCUT2D eigenvalue weighted by atomic mass is 9.97. The Bertz CT molecular complexity index is 671. The lowest BCUT2D eigenvalue weighted by molar-refractivity contribution is 0.537. The Labute approximate surface area is 118 Å². The Morgan fingerprint density at radius 2 is 2.00 bits per heavy atom. The van der Waals surface area contributed by atoms with Crippen molar-refractivity contribution in [3.8, 4) is 0 Å². The van der Waals surface area contributed by atoms with E-state index in [1.807, 2.05) is 0 Å². The van der Waals surface area contributed by atoms with Crippen LogP contribution in [0.15, 0.2) is 48.7 Å². The molecule has 0 spiro atoms. The predicted octanol–water partition coefficient (Wildman–Crippen LogP) is 2.85. The van der Waals surface area contributed by atoms with Crippen LogP contribution in [0.5, 0.6) is 0 Å². The van der Waals surface area contributed by atoms with E-state index >= 15 is 0 Å². The van der Waals surface area contributed by atoms with E-state index in [4.69, 9.17) is 0 Å². The minimum atomic E-state index is 0.185. The van der Waals surface area contributed by atoms with Crippen LogP contribution in [0, 0.1) is 0 Å². The molecule has 0 amide bonds. The molecule has 0 saturated carbocycles. The number of likely N-dealkylation sites (N-methyl/N-ethyl adjacent to an activating group) is 1. The van der Waals surface area contributed by atoms with Crippen molar-refractivity contribution in [2.45, 2.75) is 19.4 Å². The highest BCUT2D eigenvalue weighted by atomic mass is 15.3. The van der Waals surface area contributed by atoms with Crippen LogP contribution in [0.3, 0.4) is 0 Å². The number of hydrogen-bond acceptors (Lipinski definition) is 3. The van der Waals surface area contributed by atoms with E-state index in [0.29, 0.717) is 0 Å². The molecule has 0 aliphatic carbocycles. The van der Waals surface area contributed by atoms with Gasteiger partial charge in [-0.2, -0.15) is 15.4 Å². The van der Waals surface area contributed by atoms with Crippen molar-refractivity contribution < 1.29 is 0 Å². The van der Waals surface area contributed by atoms with Crippen molar-refractivity contribution in [3.05, 3.63) is 59.9 Å². The van der Waals surface area contributed by atoms with Crippen LogP contribution >= 0.6 is 0 Å². The SMILES string of the molecule is CCNC(Cc1cccc2ccccc12)c1cn[nH]n1. The average molecular weight is 266 g/mol.